The van der Waals surface area contributed by atoms with Gasteiger partial charge >= 0.3 is 0 Å². The van der Waals surface area contributed by atoms with Crippen molar-refractivity contribution in [3.8, 4) is 0 Å². The molecule has 0 bridgehead atoms. The number of rotatable bonds is 13. The van der Waals surface area contributed by atoms with Crippen LogP contribution in [0.1, 0.15) is 75.0 Å². The lowest BCUT2D eigenvalue weighted by atomic mass is 9.66. The summed E-state index contributed by atoms with van der Waals surface area (Å²) in [6, 6.07) is 33.2. The number of benzene rings is 3. The Morgan fingerprint density at radius 3 is 1.39 bits per heavy atom. The van der Waals surface area contributed by atoms with E-state index in [1.54, 1.807) is 0 Å². The van der Waals surface area contributed by atoms with Gasteiger partial charge in [-0.3, -0.25) is 0 Å². The average molecular weight is 415 g/mol. The van der Waals surface area contributed by atoms with Crippen LogP contribution >= 0.6 is 0 Å². The maximum atomic E-state index is 5.36. The minimum atomic E-state index is -0.0995. The molecule has 0 aliphatic carbocycles. The van der Waals surface area contributed by atoms with Gasteiger partial charge in [0, 0.05) is 12.5 Å². The summed E-state index contributed by atoms with van der Waals surface area (Å²) in [6.07, 6.45) is 10.4. The number of unbranched alkanes of at least 4 members (excludes halogenated alkanes) is 5. The first-order chi connectivity index (χ1) is 15.3. The summed E-state index contributed by atoms with van der Waals surface area (Å²) < 4.78 is 5.36. The van der Waals surface area contributed by atoms with E-state index in [1.165, 1.54) is 61.6 Å². The van der Waals surface area contributed by atoms with Crippen molar-refractivity contribution in [1.82, 2.24) is 0 Å². The Morgan fingerprint density at radius 2 is 0.968 bits per heavy atom. The Labute approximate surface area is 189 Å². The fraction of sp³-hybridized carbons (Fsp3) is 0.400. The van der Waals surface area contributed by atoms with Gasteiger partial charge in [0.2, 0.25) is 0 Å². The molecule has 0 saturated heterocycles. The molecule has 0 aromatic heterocycles. The summed E-state index contributed by atoms with van der Waals surface area (Å²) >= 11 is 0. The lowest BCUT2D eigenvalue weighted by Gasteiger charge is -2.36. The summed E-state index contributed by atoms with van der Waals surface area (Å²) in [4.78, 5) is 0. The van der Waals surface area contributed by atoms with Crippen LogP contribution in [0.3, 0.4) is 0 Å². The van der Waals surface area contributed by atoms with Gasteiger partial charge in [0.15, 0.2) is 0 Å². The molecule has 0 amide bonds. The standard InChI is InChI=1S/C30H38O/c1-26(31-2)18-10-5-3-4-6-17-25-30(27-19-11-7-12-20-27,28-21-13-8-14-22-28)29-23-15-9-16-24-29/h7-9,11-16,19-24,26H,3-6,10,17-18,25H2,1-2H3. The van der Waals surface area contributed by atoms with Gasteiger partial charge in [0.05, 0.1) is 6.10 Å². The van der Waals surface area contributed by atoms with Crippen molar-refractivity contribution >= 4 is 0 Å². The lowest BCUT2D eigenvalue weighted by molar-refractivity contribution is 0.108. The van der Waals surface area contributed by atoms with Gasteiger partial charge in [-0.15, -0.1) is 0 Å². The highest BCUT2D eigenvalue weighted by molar-refractivity contribution is 5.50. The molecule has 0 aliphatic heterocycles. The third-order valence-corrected chi connectivity index (χ3v) is 6.61. The van der Waals surface area contributed by atoms with Crippen LogP contribution in [0.5, 0.6) is 0 Å². The van der Waals surface area contributed by atoms with Gasteiger partial charge < -0.3 is 4.74 Å². The van der Waals surface area contributed by atoms with Crippen molar-refractivity contribution in [1.29, 1.82) is 0 Å². The average Bonchev–Trinajstić information content (AvgIpc) is 2.85. The molecule has 3 rings (SSSR count). The third-order valence-electron chi connectivity index (χ3n) is 6.61. The highest BCUT2D eigenvalue weighted by Crippen LogP contribution is 2.43. The van der Waals surface area contributed by atoms with Gasteiger partial charge in [-0.2, -0.15) is 0 Å². The summed E-state index contributed by atoms with van der Waals surface area (Å²) in [6.45, 7) is 2.16. The van der Waals surface area contributed by atoms with Crippen molar-refractivity contribution in [2.75, 3.05) is 7.11 Å². The molecule has 31 heavy (non-hydrogen) atoms. The zero-order chi connectivity index (χ0) is 21.8. The predicted octanol–water partition coefficient (Wildman–Crippen LogP) is 8.18. The summed E-state index contributed by atoms with van der Waals surface area (Å²) in [5, 5.41) is 0. The fourth-order valence-electron chi connectivity index (χ4n) is 4.75. The van der Waals surface area contributed by atoms with E-state index in [1.807, 2.05) is 7.11 Å². The van der Waals surface area contributed by atoms with Crippen molar-refractivity contribution in [2.45, 2.75) is 69.8 Å². The molecular formula is C30H38O. The zero-order valence-corrected chi connectivity index (χ0v) is 19.3. The Kier molecular flexibility index (Phi) is 9.37. The number of hydrogen-bond acceptors (Lipinski definition) is 1. The lowest BCUT2D eigenvalue weighted by Crippen LogP contribution is -2.29. The van der Waals surface area contributed by atoms with Gasteiger partial charge in [0.25, 0.3) is 0 Å². The Balaban J connectivity index is 1.73. The van der Waals surface area contributed by atoms with Gasteiger partial charge in [-0.05, 0) is 36.5 Å². The molecule has 0 saturated carbocycles. The van der Waals surface area contributed by atoms with E-state index in [2.05, 4.69) is 97.9 Å². The van der Waals surface area contributed by atoms with Crippen molar-refractivity contribution in [3.63, 3.8) is 0 Å². The first-order valence-electron chi connectivity index (χ1n) is 12.0. The molecule has 1 heteroatoms. The summed E-state index contributed by atoms with van der Waals surface area (Å²) in [7, 11) is 1.81. The monoisotopic (exact) mass is 414 g/mol. The maximum Gasteiger partial charge on any atom is 0.0543 e. The topological polar surface area (TPSA) is 9.23 Å². The first kappa shape index (κ1) is 23.3. The van der Waals surface area contributed by atoms with Gasteiger partial charge in [-0.1, -0.05) is 130 Å². The molecule has 3 aromatic carbocycles. The Morgan fingerprint density at radius 1 is 0.581 bits per heavy atom. The van der Waals surface area contributed by atoms with Crippen molar-refractivity contribution in [2.24, 2.45) is 0 Å². The van der Waals surface area contributed by atoms with E-state index < -0.39 is 0 Å². The van der Waals surface area contributed by atoms with Crippen LogP contribution in [-0.2, 0) is 10.2 Å². The van der Waals surface area contributed by atoms with Crippen LogP contribution in [0.2, 0.25) is 0 Å². The van der Waals surface area contributed by atoms with E-state index in [-0.39, 0.29) is 5.41 Å². The van der Waals surface area contributed by atoms with Crippen LogP contribution in [0.4, 0.5) is 0 Å². The summed E-state index contributed by atoms with van der Waals surface area (Å²) in [5.41, 5.74) is 4.07. The van der Waals surface area contributed by atoms with E-state index in [4.69, 9.17) is 4.74 Å². The van der Waals surface area contributed by atoms with E-state index >= 15 is 0 Å². The van der Waals surface area contributed by atoms with Crippen LogP contribution in [0, 0.1) is 0 Å². The van der Waals surface area contributed by atoms with Crippen molar-refractivity contribution < 1.29 is 4.74 Å². The molecule has 0 aliphatic rings. The zero-order valence-electron chi connectivity index (χ0n) is 19.3. The smallest absolute Gasteiger partial charge is 0.0543 e. The second-order valence-electron chi connectivity index (χ2n) is 8.71. The van der Waals surface area contributed by atoms with Crippen LogP contribution in [0.15, 0.2) is 91.0 Å². The second-order valence-corrected chi connectivity index (χ2v) is 8.71. The fourth-order valence-corrected chi connectivity index (χ4v) is 4.75. The van der Waals surface area contributed by atoms with E-state index in [0.717, 1.165) is 6.42 Å². The normalized spacial score (nSPS) is 12.6. The van der Waals surface area contributed by atoms with E-state index in [0.29, 0.717) is 6.10 Å². The number of ether oxygens (including phenoxy) is 1. The molecule has 3 aromatic rings. The van der Waals surface area contributed by atoms with Crippen LogP contribution < -0.4 is 0 Å². The molecule has 0 heterocycles. The highest BCUT2D eigenvalue weighted by atomic mass is 16.5. The SMILES string of the molecule is COC(C)CCCCCCCCC(c1ccccc1)(c1ccccc1)c1ccccc1. The van der Waals surface area contributed by atoms with Crippen molar-refractivity contribution in [3.05, 3.63) is 108 Å². The van der Waals surface area contributed by atoms with Crippen LogP contribution in [-0.4, -0.2) is 13.2 Å². The third kappa shape index (κ3) is 6.31. The molecule has 1 unspecified atom stereocenters. The van der Waals surface area contributed by atoms with Crippen LogP contribution in [0.25, 0.3) is 0 Å². The minimum Gasteiger partial charge on any atom is -0.382 e. The number of methoxy groups -OCH3 is 1. The Hall–Kier alpha value is -2.38. The minimum absolute atomic E-state index is 0.0995. The summed E-state index contributed by atoms with van der Waals surface area (Å²) in [5.74, 6) is 0. The molecule has 1 atom stereocenters. The molecule has 0 spiro atoms. The highest BCUT2D eigenvalue weighted by Gasteiger charge is 2.35. The maximum absolute atomic E-state index is 5.36. The predicted molar refractivity (Wildman–Crippen MR) is 133 cm³/mol. The van der Waals surface area contributed by atoms with E-state index in [9.17, 15) is 0 Å². The van der Waals surface area contributed by atoms with Gasteiger partial charge in [-0.25, -0.2) is 0 Å². The Bertz CT molecular complexity index is 745. The van der Waals surface area contributed by atoms with Gasteiger partial charge in [0.1, 0.15) is 0 Å². The molecule has 0 radical (unpaired) electrons. The number of hydrogen-bond donors (Lipinski definition) is 0. The quantitative estimate of drug-likeness (QED) is 0.202. The molecule has 164 valence electrons. The molecule has 0 fully saturated rings. The second kappa shape index (κ2) is 12.5. The largest absolute Gasteiger partial charge is 0.382 e. The first-order valence-corrected chi connectivity index (χ1v) is 12.0. The molecular weight excluding hydrogens is 376 g/mol. The molecule has 0 N–H and O–H groups in total. The molecule has 1 nitrogen and oxygen atoms in total.